The zero-order valence-electron chi connectivity index (χ0n) is 15.2. The standard InChI is InChI=1S/C18H29N5O2/c1-25-18(6-4-7-18)12-17(24)22-10-5-11-23-16(14-22)15(19-20-23)13-21-8-2-3-9-21/h2-14H2,1H3. The Labute approximate surface area is 149 Å². The first-order valence-electron chi connectivity index (χ1n) is 9.66. The van der Waals surface area contributed by atoms with Crippen molar-refractivity contribution in [2.75, 3.05) is 26.7 Å². The van der Waals surface area contributed by atoms with Gasteiger partial charge in [0.25, 0.3) is 0 Å². The van der Waals surface area contributed by atoms with E-state index in [0.29, 0.717) is 13.0 Å². The van der Waals surface area contributed by atoms with Crippen LogP contribution in [-0.4, -0.2) is 63.0 Å². The van der Waals surface area contributed by atoms with E-state index < -0.39 is 0 Å². The summed E-state index contributed by atoms with van der Waals surface area (Å²) in [4.78, 5) is 17.3. The van der Waals surface area contributed by atoms with Crippen molar-refractivity contribution in [2.24, 2.45) is 0 Å². The number of carbonyl (C=O) groups excluding carboxylic acids is 1. The molecule has 138 valence electrons. The van der Waals surface area contributed by atoms with Gasteiger partial charge in [-0.1, -0.05) is 5.21 Å². The van der Waals surface area contributed by atoms with E-state index >= 15 is 0 Å². The molecule has 25 heavy (non-hydrogen) atoms. The topological polar surface area (TPSA) is 63.5 Å². The van der Waals surface area contributed by atoms with Gasteiger partial charge in [-0.25, -0.2) is 4.68 Å². The largest absolute Gasteiger partial charge is 0.378 e. The van der Waals surface area contributed by atoms with Crippen LogP contribution in [0.3, 0.4) is 0 Å². The summed E-state index contributed by atoms with van der Waals surface area (Å²) in [5.41, 5.74) is 1.96. The van der Waals surface area contributed by atoms with Gasteiger partial charge in [-0.3, -0.25) is 9.69 Å². The van der Waals surface area contributed by atoms with Gasteiger partial charge < -0.3 is 9.64 Å². The number of fused-ring (bicyclic) bond motifs is 1. The minimum absolute atomic E-state index is 0.208. The summed E-state index contributed by atoms with van der Waals surface area (Å²) in [6.07, 6.45) is 7.15. The van der Waals surface area contributed by atoms with E-state index in [1.165, 1.54) is 12.8 Å². The third-order valence-corrected chi connectivity index (χ3v) is 6.15. The molecule has 0 atom stereocenters. The fourth-order valence-corrected chi connectivity index (χ4v) is 4.29. The molecular weight excluding hydrogens is 318 g/mol. The molecule has 3 heterocycles. The van der Waals surface area contributed by atoms with E-state index in [2.05, 4.69) is 15.2 Å². The van der Waals surface area contributed by atoms with Crippen molar-refractivity contribution in [3.8, 4) is 0 Å². The number of amides is 1. The van der Waals surface area contributed by atoms with Crippen LogP contribution in [0.5, 0.6) is 0 Å². The van der Waals surface area contributed by atoms with Crippen molar-refractivity contribution in [3.05, 3.63) is 11.4 Å². The molecule has 1 saturated heterocycles. The fourth-order valence-electron chi connectivity index (χ4n) is 4.29. The molecule has 7 nitrogen and oxygen atoms in total. The highest BCUT2D eigenvalue weighted by molar-refractivity contribution is 5.77. The summed E-state index contributed by atoms with van der Waals surface area (Å²) < 4.78 is 7.66. The maximum Gasteiger partial charge on any atom is 0.225 e. The molecular formula is C18H29N5O2. The second kappa shape index (κ2) is 7.03. The van der Waals surface area contributed by atoms with Crippen molar-refractivity contribution in [2.45, 2.75) is 70.2 Å². The predicted molar refractivity (Wildman–Crippen MR) is 92.8 cm³/mol. The Morgan fingerprint density at radius 3 is 2.60 bits per heavy atom. The Morgan fingerprint density at radius 2 is 1.92 bits per heavy atom. The van der Waals surface area contributed by atoms with Gasteiger partial charge in [0.05, 0.1) is 24.3 Å². The second-order valence-corrected chi connectivity index (χ2v) is 7.78. The van der Waals surface area contributed by atoms with Crippen LogP contribution < -0.4 is 0 Å². The predicted octanol–water partition coefficient (Wildman–Crippen LogP) is 1.57. The summed E-state index contributed by atoms with van der Waals surface area (Å²) in [6, 6.07) is 0. The van der Waals surface area contributed by atoms with Gasteiger partial charge in [0.2, 0.25) is 5.91 Å². The minimum Gasteiger partial charge on any atom is -0.378 e. The van der Waals surface area contributed by atoms with E-state index in [-0.39, 0.29) is 11.5 Å². The van der Waals surface area contributed by atoms with Crippen molar-refractivity contribution < 1.29 is 9.53 Å². The number of rotatable bonds is 5. The van der Waals surface area contributed by atoms with E-state index in [9.17, 15) is 4.79 Å². The number of carbonyl (C=O) groups is 1. The van der Waals surface area contributed by atoms with Crippen LogP contribution in [0.1, 0.15) is 56.3 Å². The molecule has 1 aliphatic carbocycles. The van der Waals surface area contributed by atoms with Gasteiger partial charge in [0, 0.05) is 26.7 Å². The number of likely N-dealkylation sites (tertiary alicyclic amines) is 1. The lowest BCUT2D eigenvalue weighted by atomic mass is 9.77. The zero-order chi connectivity index (χ0) is 17.3. The Hall–Kier alpha value is -1.47. The molecule has 1 saturated carbocycles. The molecule has 0 bridgehead atoms. The first-order valence-corrected chi connectivity index (χ1v) is 9.66. The normalized spacial score (nSPS) is 23.2. The molecule has 0 unspecified atom stereocenters. The summed E-state index contributed by atoms with van der Waals surface area (Å²) in [5.74, 6) is 0.211. The highest BCUT2D eigenvalue weighted by Crippen LogP contribution is 2.38. The van der Waals surface area contributed by atoms with Crippen molar-refractivity contribution in [1.29, 1.82) is 0 Å². The minimum atomic E-state index is -0.208. The molecule has 1 aromatic heterocycles. The molecule has 7 heteroatoms. The molecule has 0 radical (unpaired) electrons. The van der Waals surface area contributed by atoms with Gasteiger partial charge in [-0.05, 0) is 51.6 Å². The number of aromatic nitrogens is 3. The Morgan fingerprint density at radius 1 is 1.12 bits per heavy atom. The van der Waals surface area contributed by atoms with Gasteiger partial charge in [-0.2, -0.15) is 0 Å². The van der Waals surface area contributed by atoms with Crippen LogP contribution >= 0.6 is 0 Å². The fraction of sp³-hybridized carbons (Fsp3) is 0.833. The Balaban J connectivity index is 1.46. The van der Waals surface area contributed by atoms with Crippen molar-refractivity contribution >= 4 is 5.91 Å². The second-order valence-electron chi connectivity index (χ2n) is 7.78. The lowest BCUT2D eigenvalue weighted by Crippen LogP contribution is -2.45. The number of hydrogen-bond acceptors (Lipinski definition) is 5. The Bertz CT molecular complexity index is 613. The highest BCUT2D eigenvalue weighted by atomic mass is 16.5. The third-order valence-electron chi connectivity index (χ3n) is 6.15. The Kier molecular flexibility index (Phi) is 4.78. The first-order chi connectivity index (χ1) is 12.2. The molecule has 0 N–H and O–H groups in total. The highest BCUT2D eigenvalue weighted by Gasteiger charge is 2.40. The summed E-state index contributed by atoms with van der Waals surface area (Å²) in [6.45, 7) is 5.43. The monoisotopic (exact) mass is 347 g/mol. The number of nitrogens with zero attached hydrogens (tertiary/aromatic N) is 5. The van der Waals surface area contributed by atoms with E-state index in [4.69, 9.17) is 4.74 Å². The van der Waals surface area contributed by atoms with E-state index in [1.807, 2.05) is 9.58 Å². The van der Waals surface area contributed by atoms with Gasteiger partial charge in [0.15, 0.2) is 0 Å². The smallest absolute Gasteiger partial charge is 0.225 e. The average molecular weight is 347 g/mol. The maximum atomic E-state index is 12.9. The molecule has 2 fully saturated rings. The number of methoxy groups -OCH3 is 1. The van der Waals surface area contributed by atoms with Crippen LogP contribution in [-0.2, 0) is 29.2 Å². The molecule has 1 amide bonds. The SMILES string of the molecule is COC1(CC(=O)N2CCCn3nnc(CN4CCCC4)c3C2)CCC1. The lowest BCUT2D eigenvalue weighted by molar-refractivity contribution is -0.144. The molecule has 4 rings (SSSR count). The van der Waals surface area contributed by atoms with Gasteiger partial charge in [0.1, 0.15) is 5.69 Å². The number of ether oxygens (including phenoxy) is 1. The number of hydrogen-bond donors (Lipinski definition) is 0. The summed E-state index contributed by atoms with van der Waals surface area (Å²) in [5, 5.41) is 8.77. The number of aryl methyl sites for hydroxylation is 1. The zero-order valence-corrected chi connectivity index (χ0v) is 15.2. The molecule has 0 aromatic carbocycles. The van der Waals surface area contributed by atoms with Crippen LogP contribution in [0.15, 0.2) is 0 Å². The van der Waals surface area contributed by atoms with E-state index in [0.717, 1.165) is 69.8 Å². The molecule has 0 spiro atoms. The van der Waals surface area contributed by atoms with Crippen LogP contribution in [0.25, 0.3) is 0 Å². The summed E-state index contributed by atoms with van der Waals surface area (Å²) >= 11 is 0. The van der Waals surface area contributed by atoms with E-state index in [1.54, 1.807) is 7.11 Å². The molecule has 1 aromatic rings. The van der Waals surface area contributed by atoms with Gasteiger partial charge >= 0.3 is 0 Å². The lowest BCUT2D eigenvalue weighted by Gasteiger charge is -2.41. The summed E-state index contributed by atoms with van der Waals surface area (Å²) in [7, 11) is 1.74. The van der Waals surface area contributed by atoms with Crippen LogP contribution in [0, 0.1) is 0 Å². The van der Waals surface area contributed by atoms with Crippen molar-refractivity contribution in [3.63, 3.8) is 0 Å². The maximum absolute atomic E-state index is 12.9. The van der Waals surface area contributed by atoms with Crippen LogP contribution in [0.4, 0.5) is 0 Å². The van der Waals surface area contributed by atoms with Crippen molar-refractivity contribution in [1.82, 2.24) is 24.8 Å². The quantitative estimate of drug-likeness (QED) is 0.809. The third kappa shape index (κ3) is 3.44. The van der Waals surface area contributed by atoms with Crippen LogP contribution in [0.2, 0.25) is 0 Å². The van der Waals surface area contributed by atoms with Gasteiger partial charge in [-0.15, -0.1) is 5.10 Å². The molecule has 2 aliphatic heterocycles. The average Bonchev–Trinajstić information content (AvgIpc) is 3.16. The molecule has 3 aliphatic rings. The first kappa shape index (κ1) is 17.0.